The van der Waals surface area contributed by atoms with Crippen molar-refractivity contribution >= 4 is 31.6 Å². The summed E-state index contributed by atoms with van der Waals surface area (Å²) >= 11 is 1.74. The van der Waals surface area contributed by atoms with Crippen LogP contribution in [0.4, 0.5) is 0 Å². The Balaban J connectivity index is 1.21. The van der Waals surface area contributed by atoms with Gasteiger partial charge in [0.15, 0.2) is 17.5 Å². The number of nitrogens with zero attached hydrogens (tertiary/aromatic N) is 5. The molecule has 0 aliphatic carbocycles. The predicted octanol–water partition coefficient (Wildman–Crippen LogP) is 11.0. The van der Waals surface area contributed by atoms with Crippen molar-refractivity contribution in [1.29, 1.82) is 0 Å². The molecule has 0 aliphatic rings. The Labute approximate surface area is 287 Å². The van der Waals surface area contributed by atoms with Crippen molar-refractivity contribution < 1.29 is 0 Å². The fourth-order valence-corrected chi connectivity index (χ4v) is 7.40. The molecule has 0 radical (unpaired) electrons. The third kappa shape index (κ3) is 5.54. The minimum atomic E-state index is 0.622. The van der Waals surface area contributed by atoms with Crippen LogP contribution in [0, 0.1) is 0 Å². The van der Waals surface area contributed by atoms with Gasteiger partial charge in [-0.05, 0) is 52.6 Å². The standard InChI is InChI=1S/C43H27N5S/c1-4-13-28(14-5-1)33-24-34(26-35(25-33)38-40-39(45-27-44-38)36-21-10-11-22-37(36)49-40)31-19-12-20-32(23-31)43-47-41(29-15-6-2-7-16-29)46-42(48-43)30-17-8-3-9-18-30/h1-27H. The number of rotatable bonds is 6. The molecule has 0 aliphatic heterocycles. The summed E-state index contributed by atoms with van der Waals surface area (Å²) in [5, 5.41) is 1.15. The van der Waals surface area contributed by atoms with E-state index in [9.17, 15) is 0 Å². The van der Waals surface area contributed by atoms with Gasteiger partial charge in [-0.3, -0.25) is 0 Å². The predicted molar refractivity (Wildman–Crippen MR) is 201 cm³/mol. The van der Waals surface area contributed by atoms with Gasteiger partial charge in [0.2, 0.25) is 0 Å². The zero-order chi connectivity index (χ0) is 32.6. The molecule has 0 fully saturated rings. The van der Waals surface area contributed by atoms with Crippen LogP contribution in [0.15, 0.2) is 164 Å². The molecular weight excluding hydrogens is 619 g/mol. The van der Waals surface area contributed by atoms with Crippen molar-refractivity contribution in [2.45, 2.75) is 0 Å². The number of thiophene rings is 1. The number of fused-ring (bicyclic) bond motifs is 3. The van der Waals surface area contributed by atoms with Gasteiger partial charge in [-0.2, -0.15) is 0 Å². The Morgan fingerprint density at radius 3 is 1.53 bits per heavy atom. The molecule has 0 saturated carbocycles. The molecule has 0 spiro atoms. The molecule has 0 bridgehead atoms. The molecule has 6 heteroatoms. The molecule has 230 valence electrons. The summed E-state index contributed by atoms with van der Waals surface area (Å²) in [6.45, 7) is 0. The quantitative estimate of drug-likeness (QED) is 0.180. The lowest BCUT2D eigenvalue weighted by atomic mass is 9.94. The van der Waals surface area contributed by atoms with E-state index in [0.29, 0.717) is 17.5 Å². The zero-order valence-corrected chi connectivity index (χ0v) is 27.0. The summed E-state index contributed by atoms with van der Waals surface area (Å²) in [6, 6.07) is 54.2. The van der Waals surface area contributed by atoms with Crippen LogP contribution in [0.1, 0.15) is 0 Å². The maximum Gasteiger partial charge on any atom is 0.164 e. The summed E-state index contributed by atoms with van der Waals surface area (Å²) in [6.07, 6.45) is 1.68. The molecule has 5 nitrogen and oxygen atoms in total. The van der Waals surface area contributed by atoms with Crippen molar-refractivity contribution in [3.63, 3.8) is 0 Å². The lowest BCUT2D eigenvalue weighted by molar-refractivity contribution is 1.07. The molecule has 0 amide bonds. The van der Waals surface area contributed by atoms with Crippen LogP contribution < -0.4 is 0 Å². The molecule has 49 heavy (non-hydrogen) atoms. The first-order valence-electron chi connectivity index (χ1n) is 16.1. The van der Waals surface area contributed by atoms with Gasteiger partial charge in [-0.1, -0.05) is 127 Å². The molecule has 0 N–H and O–H groups in total. The van der Waals surface area contributed by atoms with Crippen molar-refractivity contribution in [2.75, 3.05) is 0 Å². The first-order valence-corrected chi connectivity index (χ1v) is 16.9. The molecule has 3 heterocycles. The van der Waals surface area contributed by atoms with Crippen molar-refractivity contribution in [3.05, 3.63) is 164 Å². The monoisotopic (exact) mass is 645 g/mol. The maximum atomic E-state index is 4.98. The van der Waals surface area contributed by atoms with E-state index in [4.69, 9.17) is 24.9 Å². The van der Waals surface area contributed by atoms with E-state index in [1.165, 1.54) is 4.70 Å². The van der Waals surface area contributed by atoms with Gasteiger partial charge in [-0.25, -0.2) is 24.9 Å². The second-order valence-corrected chi connectivity index (χ2v) is 12.8. The van der Waals surface area contributed by atoms with Gasteiger partial charge in [-0.15, -0.1) is 11.3 Å². The topological polar surface area (TPSA) is 64.5 Å². The number of hydrogen-bond acceptors (Lipinski definition) is 6. The highest BCUT2D eigenvalue weighted by atomic mass is 32.1. The van der Waals surface area contributed by atoms with Crippen LogP contribution in [0.3, 0.4) is 0 Å². The number of aromatic nitrogens is 5. The largest absolute Gasteiger partial charge is 0.235 e. The lowest BCUT2D eigenvalue weighted by Gasteiger charge is -2.13. The van der Waals surface area contributed by atoms with Crippen LogP contribution >= 0.6 is 11.3 Å². The second-order valence-electron chi connectivity index (χ2n) is 11.8. The normalized spacial score (nSPS) is 11.3. The van der Waals surface area contributed by atoms with Crippen molar-refractivity contribution in [3.8, 4) is 67.7 Å². The van der Waals surface area contributed by atoms with E-state index in [1.54, 1.807) is 17.7 Å². The summed E-state index contributed by atoms with van der Waals surface area (Å²) in [4.78, 5) is 24.4. The Morgan fingerprint density at radius 2 is 0.857 bits per heavy atom. The number of benzene rings is 6. The van der Waals surface area contributed by atoms with Gasteiger partial charge >= 0.3 is 0 Å². The van der Waals surface area contributed by atoms with E-state index in [2.05, 4.69) is 91.0 Å². The van der Waals surface area contributed by atoms with Gasteiger partial charge < -0.3 is 0 Å². The highest BCUT2D eigenvalue weighted by molar-refractivity contribution is 7.26. The van der Waals surface area contributed by atoms with E-state index < -0.39 is 0 Å². The van der Waals surface area contributed by atoms with Crippen molar-refractivity contribution in [2.24, 2.45) is 0 Å². The molecule has 0 saturated heterocycles. The van der Waals surface area contributed by atoms with Crippen LogP contribution in [0.5, 0.6) is 0 Å². The van der Waals surface area contributed by atoms with Crippen molar-refractivity contribution in [1.82, 2.24) is 24.9 Å². The highest BCUT2D eigenvalue weighted by Gasteiger charge is 2.17. The lowest BCUT2D eigenvalue weighted by Crippen LogP contribution is -2.00. The van der Waals surface area contributed by atoms with Crippen LogP contribution in [-0.4, -0.2) is 24.9 Å². The maximum absolute atomic E-state index is 4.98. The Morgan fingerprint density at radius 1 is 0.367 bits per heavy atom. The summed E-state index contributed by atoms with van der Waals surface area (Å²) in [7, 11) is 0. The second kappa shape index (κ2) is 12.3. The van der Waals surface area contributed by atoms with Crippen LogP contribution in [-0.2, 0) is 0 Å². The van der Waals surface area contributed by atoms with Crippen LogP contribution in [0.2, 0.25) is 0 Å². The average molecular weight is 646 g/mol. The van der Waals surface area contributed by atoms with E-state index in [1.807, 2.05) is 66.7 Å². The third-order valence-corrected chi connectivity index (χ3v) is 9.79. The molecule has 6 aromatic carbocycles. The third-order valence-electron chi connectivity index (χ3n) is 8.63. The van der Waals surface area contributed by atoms with E-state index in [-0.39, 0.29) is 0 Å². The van der Waals surface area contributed by atoms with E-state index in [0.717, 1.165) is 65.8 Å². The Hall–Kier alpha value is -6.37. The fraction of sp³-hybridized carbons (Fsp3) is 0. The summed E-state index contributed by atoms with van der Waals surface area (Å²) < 4.78 is 2.29. The smallest absolute Gasteiger partial charge is 0.164 e. The Bertz CT molecular complexity index is 2540. The fourth-order valence-electron chi connectivity index (χ4n) is 6.23. The SMILES string of the molecule is c1ccc(-c2cc(-c3cccc(-c4nc(-c5ccccc5)nc(-c5ccccc5)n4)c3)cc(-c3ncnc4c3sc3ccccc34)c2)cc1. The van der Waals surface area contributed by atoms with Crippen LogP contribution in [0.25, 0.3) is 88.0 Å². The molecule has 0 unspecified atom stereocenters. The first-order chi connectivity index (χ1) is 24.3. The van der Waals surface area contributed by atoms with Gasteiger partial charge in [0.1, 0.15) is 6.33 Å². The average Bonchev–Trinajstić information content (AvgIpc) is 3.58. The van der Waals surface area contributed by atoms with Gasteiger partial charge in [0, 0.05) is 32.3 Å². The Kier molecular flexibility index (Phi) is 7.26. The highest BCUT2D eigenvalue weighted by Crippen LogP contribution is 2.40. The van der Waals surface area contributed by atoms with Gasteiger partial charge in [0.25, 0.3) is 0 Å². The molecular formula is C43H27N5S. The van der Waals surface area contributed by atoms with Gasteiger partial charge in [0.05, 0.1) is 15.9 Å². The zero-order valence-electron chi connectivity index (χ0n) is 26.2. The van der Waals surface area contributed by atoms with E-state index >= 15 is 0 Å². The summed E-state index contributed by atoms with van der Waals surface area (Å²) in [5.41, 5.74) is 10.1. The minimum absolute atomic E-state index is 0.622. The minimum Gasteiger partial charge on any atom is -0.235 e. The molecule has 0 atom stereocenters. The number of hydrogen-bond donors (Lipinski definition) is 0. The summed E-state index contributed by atoms with van der Waals surface area (Å²) in [5.74, 6) is 1.90. The molecule has 9 aromatic rings. The molecule has 9 rings (SSSR count). The molecule has 3 aromatic heterocycles. The first kappa shape index (κ1) is 28.8.